The molecule has 0 spiro atoms. The number of hydrogen-bond donors (Lipinski definition) is 0. The average Bonchev–Trinajstić information content (AvgIpc) is 3.14. The Morgan fingerprint density at radius 2 is 1.90 bits per heavy atom. The van der Waals surface area contributed by atoms with E-state index < -0.39 is 11.2 Å². The van der Waals surface area contributed by atoms with Crippen molar-refractivity contribution in [1.29, 1.82) is 0 Å². The first-order chi connectivity index (χ1) is 13.9. The number of carbonyl (C=O) groups is 1. The first-order valence-electron chi connectivity index (χ1n) is 9.41. The van der Waals surface area contributed by atoms with Crippen molar-refractivity contribution in [2.24, 2.45) is 14.1 Å². The SMILES string of the molecule is CCOc1ccccc1CCC(=O)OCCn1cnc2c1c(=O)n(C)c(=O)n2C. The number of benzene rings is 1. The molecule has 3 rings (SSSR count). The Balaban J connectivity index is 1.60. The van der Waals surface area contributed by atoms with Crippen LogP contribution in [0.5, 0.6) is 5.75 Å². The third-order valence-corrected chi connectivity index (χ3v) is 4.68. The number of fused-ring (bicyclic) bond motifs is 1. The molecular weight excluding hydrogens is 376 g/mol. The van der Waals surface area contributed by atoms with Crippen molar-refractivity contribution >= 4 is 17.1 Å². The Hall–Kier alpha value is -3.36. The maximum Gasteiger partial charge on any atom is 0.332 e. The Morgan fingerprint density at radius 1 is 1.14 bits per heavy atom. The van der Waals surface area contributed by atoms with Crippen LogP contribution in [0.2, 0.25) is 0 Å². The van der Waals surface area contributed by atoms with Gasteiger partial charge in [0.05, 0.1) is 19.5 Å². The number of rotatable bonds is 8. The van der Waals surface area contributed by atoms with Crippen molar-refractivity contribution in [3.05, 3.63) is 57.0 Å². The Morgan fingerprint density at radius 3 is 2.66 bits per heavy atom. The molecule has 3 aromatic rings. The van der Waals surface area contributed by atoms with Crippen LogP contribution in [-0.2, 0) is 36.6 Å². The van der Waals surface area contributed by atoms with E-state index in [9.17, 15) is 14.4 Å². The lowest BCUT2D eigenvalue weighted by Crippen LogP contribution is -2.37. The van der Waals surface area contributed by atoms with Crippen molar-refractivity contribution in [2.45, 2.75) is 26.3 Å². The van der Waals surface area contributed by atoms with Gasteiger partial charge in [-0.3, -0.25) is 18.7 Å². The monoisotopic (exact) mass is 400 g/mol. The van der Waals surface area contributed by atoms with Crippen LogP contribution >= 0.6 is 0 Å². The molecule has 0 fully saturated rings. The fraction of sp³-hybridized carbons (Fsp3) is 0.400. The van der Waals surface area contributed by atoms with E-state index in [4.69, 9.17) is 9.47 Å². The van der Waals surface area contributed by atoms with Crippen LogP contribution < -0.4 is 16.0 Å². The maximum absolute atomic E-state index is 12.4. The number of para-hydroxylation sites is 1. The molecule has 0 unspecified atom stereocenters. The smallest absolute Gasteiger partial charge is 0.332 e. The second-order valence-corrected chi connectivity index (χ2v) is 6.58. The highest BCUT2D eigenvalue weighted by Gasteiger charge is 2.14. The summed E-state index contributed by atoms with van der Waals surface area (Å²) in [7, 11) is 2.98. The third kappa shape index (κ3) is 4.23. The molecule has 29 heavy (non-hydrogen) atoms. The highest BCUT2D eigenvalue weighted by molar-refractivity contribution is 5.70. The van der Waals surface area contributed by atoms with Crippen LogP contribution in [0.3, 0.4) is 0 Å². The van der Waals surface area contributed by atoms with Crippen molar-refractivity contribution in [3.63, 3.8) is 0 Å². The molecule has 0 aliphatic rings. The quantitative estimate of drug-likeness (QED) is 0.524. The van der Waals surface area contributed by atoms with Crippen LogP contribution in [0.1, 0.15) is 18.9 Å². The molecule has 0 saturated heterocycles. The summed E-state index contributed by atoms with van der Waals surface area (Å²) >= 11 is 0. The number of nitrogens with zero attached hydrogens (tertiary/aromatic N) is 4. The molecule has 0 saturated carbocycles. The van der Waals surface area contributed by atoms with Gasteiger partial charge in [-0.2, -0.15) is 0 Å². The van der Waals surface area contributed by atoms with Gasteiger partial charge < -0.3 is 14.0 Å². The number of carbonyl (C=O) groups excluding carboxylic acids is 1. The van der Waals surface area contributed by atoms with Crippen LogP contribution in [0, 0.1) is 0 Å². The first kappa shape index (κ1) is 20.4. The summed E-state index contributed by atoms with van der Waals surface area (Å²) in [4.78, 5) is 40.6. The van der Waals surface area contributed by atoms with E-state index in [2.05, 4.69) is 4.98 Å². The van der Waals surface area contributed by atoms with E-state index in [0.29, 0.717) is 24.2 Å². The first-order valence-corrected chi connectivity index (χ1v) is 9.41. The zero-order valence-corrected chi connectivity index (χ0v) is 16.8. The van der Waals surface area contributed by atoms with Crippen molar-refractivity contribution in [3.8, 4) is 5.75 Å². The van der Waals surface area contributed by atoms with E-state index in [0.717, 1.165) is 15.9 Å². The normalized spacial score (nSPS) is 11.0. The highest BCUT2D eigenvalue weighted by Crippen LogP contribution is 2.19. The summed E-state index contributed by atoms with van der Waals surface area (Å²) in [5.41, 5.74) is 0.690. The van der Waals surface area contributed by atoms with Crippen LogP contribution in [0.15, 0.2) is 40.2 Å². The molecule has 154 valence electrons. The lowest BCUT2D eigenvalue weighted by molar-refractivity contribution is -0.143. The molecule has 0 amide bonds. The average molecular weight is 400 g/mol. The predicted octanol–water partition coefficient (Wildman–Crippen LogP) is 1.01. The van der Waals surface area contributed by atoms with Crippen LogP contribution in [-0.4, -0.2) is 37.9 Å². The van der Waals surface area contributed by atoms with Crippen LogP contribution in [0.4, 0.5) is 0 Å². The fourth-order valence-electron chi connectivity index (χ4n) is 3.14. The lowest BCUT2D eigenvalue weighted by atomic mass is 10.1. The van der Waals surface area contributed by atoms with E-state index in [1.54, 1.807) is 11.6 Å². The molecular formula is C20H24N4O5. The topological polar surface area (TPSA) is 97.3 Å². The standard InChI is InChI=1S/C20H24N4O5/c1-4-28-15-8-6-5-7-14(15)9-10-16(25)29-12-11-24-13-21-18-17(24)19(26)23(3)20(27)22(18)2/h5-8,13H,4,9-12H2,1-3H3. The fourth-order valence-corrected chi connectivity index (χ4v) is 3.14. The molecule has 0 atom stereocenters. The molecule has 0 aliphatic heterocycles. The molecule has 2 heterocycles. The molecule has 1 aromatic carbocycles. The Bertz CT molecular complexity index is 1140. The number of imidazole rings is 1. The number of esters is 1. The van der Waals surface area contributed by atoms with Crippen molar-refractivity contribution in [2.75, 3.05) is 13.2 Å². The largest absolute Gasteiger partial charge is 0.494 e. The van der Waals surface area contributed by atoms with Gasteiger partial charge in [0, 0.05) is 20.5 Å². The summed E-state index contributed by atoms with van der Waals surface area (Å²) in [6.07, 6.45) is 2.22. The molecule has 0 radical (unpaired) electrons. The molecule has 9 nitrogen and oxygen atoms in total. The molecule has 0 N–H and O–H groups in total. The summed E-state index contributed by atoms with van der Waals surface area (Å²) in [5, 5.41) is 0. The van der Waals surface area contributed by atoms with Gasteiger partial charge in [0.1, 0.15) is 12.4 Å². The number of aryl methyl sites for hydroxylation is 2. The van der Waals surface area contributed by atoms with Gasteiger partial charge >= 0.3 is 11.7 Å². The third-order valence-electron chi connectivity index (χ3n) is 4.68. The summed E-state index contributed by atoms with van der Waals surface area (Å²) in [6, 6.07) is 7.60. The number of aromatic nitrogens is 4. The summed E-state index contributed by atoms with van der Waals surface area (Å²) in [5.74, 6) is 0.440. The van der Waals surface area contributed by atoms with E-state index in [1.807, 2.05) is 31.2 Å². The minimum absolute atomic E-state index is 0.101. The van der Waals surface area contributed by atoms with Gasteiger partial charge in [0.25, 0.3) is 5.56 Å². The Labute approximate surface area is 167 Å². The van der Waals surface area contributed by atoms with E-state index >= 15 is 0 Å². The zero-order valence-electron chi connectivity index (χ0n) is 16.8. The number of ether oxygens (including phenoxy) is 2. The molecule has 0 aliphatic carbocycles. The Kier molecular flexibility index (Phi) is 6.16. The van der Waals surface area contributed by atoms with E-state index in [1.165, 1.54) is 17.9 Å². The maximum atomic E-state index is 12.4. The van der Waals surface area contributed by atoms with Crippen molar-refractivity contribution in [1.82, 2.24) is 18.7 Å². The molecule has 9 heteroatoms. The lowest BCUT2D eigenvalue weighted by Gasteiger charge is -2.10. The van der Waals surface area contributed by atoms with Gasteiger partial charge in [0.2, 0.25) is 0 Å². The summed E-state index contributed by atoms with van der Waals surface area (Å²) < 4.78 is 14.8. The van der Waals surface area contributed by atoms with Crippen LogP contribution in [0.25, 0.3) is 11.2 Å². The second-order valence-electron chi connectivity index (χ2n) is 6.58. The second kappa shape index (κ2) is 8.76. The zero-order chi connectivity index (χ0) is 21.0. The molecule has 0 bridgehead atoms. The van der Waals surface area contributed by atoms with Gasteiger partial charge in [-0.25, -0.2) is 9.78 Å². The summed E-state index contributed by atoms with van der Waals surface area (Å²) in [6.45, 7) is 2.84. The minimum Gasteiger partial charge on any atom is -0.494 e. The van der Waals surface area contributed by atoms with Gasteiger partial charge in [-0.05, 0) is 25.0 Å². The molecule has 2 aromatic heterocycles. The van der Waals surface area contributed by atoms with Gasteiger partial charge in [-0.1, -0.05) is 18.2 Å². The van der Waals surface area contributed by atoms with Crippen molar-refractivity contribution < 1.29 is 14.3 Å². The van der Waals surface area contributed by atoms with Gasteiger partial charge in [-0.15, -0.1) is 0 Å². The van der Waals surface area contributed by atoms with E-state index in [-0.39, 0.29) is 25.5 Å². The highest BCUT2D eigenvalue weighted by atomic mass is 16.5. The van der Waals surface area contributed by atoms with Gasteiger partial charge in [0.15, 0.2) is 11.2 Å². The number of hydrogen-bond acceptors (Lipinski definition) is 6. The minimum atomic E-state index is -0.438. The predicted molar refractivity (Wildman–Crippen MR) is 107 cm³/mol.